The molecule has 1 aliphatic carbocycles. The maximum absolute atomic E-state index is 11.6. The van der Waals surface area contributed by atoms with Crippen LogP contribution in [-0.4, -0.2) is 70.0 Å². The Bertz CT molecular complexity index is 859. The number of carbonyl (C=O) groups is 1. The number of esters is 1. The smallest absolute Gasteiger partial charge is 0.348 e. The lowest BCUT2D eigenvalue weighted by molar-refractivity contribution is -0.384. The fourth-order valence-corrected chi connectivity index (χ4v) is 4.71. The molecule has 1 unspecified atom stereocenters. The molecule has 32 heavy (non-hydrogen) atoms. The van der Waals surface area contributed by atoms with E-state index >= 15 is 0 Å². The van der Waals surface area contributed by atoms with Gasteiger partial charge < -0.3 is 24.3 Å². The molecule has 11 nitrogen and oxygen atoms in total. The normalized spacial score (nSPS) is 26.0. The van der Waals surface area contributed by atoms with Crippen LogP contribution in [-0.2, 0) is 23.7 Å². The minimum Gasteiger partial charge on any atom is -0.463 e. The van der Waals surface area contributed by atoms with E-state index in [4.69, 9.17) is 30.5 Å². The fraction of sp³-hybridized carbons (Fsp3) is 0.737. The van der Waals surface area contributed by atoms with Gasteiger partial charge in [0.1, 0.15) is 18.8 Å². The van der Waals surface area contributed by atoms with Crippen LogP contribution >= 0.6 is 23.4 Å². The van der Waals surface area contributed by atoms with Gasteiger partial charge in [-0.2, -0.15) is 4.98 Å². The van der Waals surface area contributed by atoms with Crippen molar-refractivity contribution in [3.05, 3.63) is 15.3 Å². The van der Waals surface area contributed by atoms with Crippen molar-refractivity contribution in [2.45, 2.75) is 75.8 Å². The lowest BCUT2D eigenvalue weighted by atomic mass is 10.2. The minimum atomic E-state index is -0.843. The summed E-state index contributed by atoms with van der Waals surface area (Å²) < 4.78 is 22.9. The van der Waals surface area contributed by atoms with Gasteiger partial charge in [0, 0.05) is 12.7 Å². The Morgan fingerprint density at radius 2 is 2.06 bits per heavy atom. The number of thioether (sulfide) groups is 1. The van der Waals surface area contributed by atoms with Crippen LogP contribution in [0.15, 0.2) is 5.16 Å². The van der Waals surface area contributed by atoms with Crippen molar-refractivity contribution in [2.75, 3.05) is 24.3 Å². The molecule has 2 fully saturated rings. The van der Waals surface area contributed by atoms with E-state index in [1.165, 1.54) is 18.7 Å². The van der Waals surface area contributed by atoms with Crippen molar-refractivity contribution in [2.24, 2.45) is 0 Å². The molecule has 1 aliphatic heterocycles. The molecule has 1 saturated carbocycles. The molecule has 0 radical (unpaired) electrons. The highest BCUT2D eigenvalue weighted by atomic mass is 35.5. The molecule has 0 spiro atoms. The quantitative estimate of drug-likeness (QED) is 0.0984. The molecule has 3 rings (SSSR count). The van der Waals surface area contributed by atoms with Crippen molar-refractivity contribution >= 4 is 40.8 Å². The summed E-state index contributed by atoms with van der Waals surface area (Å²) in [6.45, 7) is 7.24. The molecule has 13 heteroatoms. The van der Waals surface area contributed by atoms with Crippen molar-refractivity contribution in [3.8, 4) is 0 Å². The zero-order chi connectivity index (χ0) is 23.5. The first-order valence-corrected chi connectivity index (χ1v) is 11.7. The largest absolute Gasteiger partial charge is 0.463 e. The lowest BCUT2D eigenvalue weighted by Gasteiger charge is -2.24. The van der Waals surface area contributed by atoms with Crippen LogP contribution < -0.4 is 5.32 Å². The van der Waals surface area contributed by atoms with E-state index in [-0.39, 0.29) is 48.0 Å². The number of fused-ring (bicyclic) bond motifs is 1. The number of hydrogen-bond donors (Lipinski definition) is 1. The van der Waals surface area contributed by atoms with Gasteiger partial charge in [-0.05, 0) is 26.7 Å². The van der Waals surface area contributed by atoms with E-state index in [0.29, 0.717) is 11.6 Å². The molecule has 178 valence electrons. The monoisotopic (exact) mass is 490 g/mol. The second-order valence-electron chi connectivity index (χ2n) is 7.90. The maximum atomic E-state index is 11.6. The van der Waals surface area contributed by atoms with Crippen LogP contribution in [0.25, 0.3) is 0 Å². The van der Waals surface area contributed by atoms with Crippen molar-refractivity contribution in [1.82, 2.24) is 9.97 Å². The predicted molar refractivity (Wildman–Crippen MR) is 117 cm³/mol. The summed E-state index contributed by atoms with van der Waals surface area (Å²) in [5.41, 5.74) is -0.388. The van der Waals surface area contributed by atoms with E-state index in [2.05, 4.69) is 15.3 Å². The van der Waals surface area contributed by atoms with E-state index in [1.807, 2.05) is 6.92 Å². The van der Waals surface area contributed by atoms with Crippen LogP contribution in [0, 0.1) is 10.1 Å². The topological polar surface area (TPSA) is 135 Å². The molecule has 0 bridgehead atoms. The summed E-state index contributed by atoms with van der Waals surface area (Å²) in [6.07, 6.45) is 0.153. The summed E-state index contributed by atoms with van der Waals surface area (Å²) in [5.74, 6) is -0.440. The van der Waals surface area contributed by atoms with E-state index < -0.39 is 22.9 Å². The predicted octanol–water partition coefficient (Wildman–Crippen LogP) is 3.19. The van der Waals surface area contributed by atoms with Crippen LogP contribution in [0.2, 0.25) is 5.15 Å². The first kappa shape index (κ1) is 24.9. The highest BCUT2D eigenvalue weighted by molar-refractivity contribution is 7.99. The molecule has 1 aromatic heterocycles. The van der Waals surface area contributed by atoms with Crippen LogP contribution in [0.1, 0.15) is 40.5 Å². The zero-order valence-corrected chi connectivity index (χ0v) is 19.9. The summed E-state index contributed by atoms with van der Waals surface area (Å²) in [7, 11) is 0. The molecular weight excluding hydrogens is 464 g/mol. The molecule has 2 aliphatic rings. The second-order valence-corrected chi connectivity index (χ2v) is 9.32. The fourth-order valence-electron chi connectivity index (χ4n) is 3.73. The second kappa shape index (κ2) is 10.5. The summed E-state index contributed by atoms with van der Waals surface area (Å²) in [4.78, 5) is 30.4. The number of nitrogens with one attached hydrogen (secondary N) is 1. The Morgan fingerprint density at radius 3 is 2.72 bits per heavy atom. The number of aromatic nitrogens is 2. The summed E-state index contributed by atoms with van der Waals surface area (Å²) >= 11 is 7.49. The van der Waals surface area contributed by atoms with Gasteiger partial charge in [0.05, 0.1) is 23.7 Å². The number of nitro groups is 1. The van der Waals surface area contributed by atoms with E-state index in [0.717, 1.165) is 12.2 Å². The van der Waals surface area contributed by atoms with Crippen LogP contribution in [0.3, 0.4) is 0 Å². The van der Waals surface area contributed by atoms with Gasteiger partial charge in [-0.15, -0.1) is 0 Å². The zero-order valence-electron chi connectivity index (χ0n) is 18.3. The first-order chi connectivity index (χ1) is 15.1. The molecule has 0 amide bonds. The standard InChI is InChI=1S/C19H27ClN4O7S/c1-5-8-32-18-22-16(20)13(24(26)27)17(23-18)21-11-9-12(29-7-6-28-10(2)25)15-14(11)30-19(3,4)31-15/h11-12,14-15H,5-9H2,1-4H3,(H,21,22,23)/t11-,12+,14?,15-/m1/s1. The van der Waals surface area contributed by atoms with Gasteiger partial charge in [0.25, 0.3) is 0 Å². The van der Waals surface area contributed by atoms with Crippen molar-refractivity contribution < 1.29 is 28.7 Å². The molecule has 4 atom stereocenters. The number of ether oxygens (including phenoxy) is 4. The van der Waals surface area contributed by atoms with E-state index in [1.54, 1.807) is 13.8 Å². The highest BCUT2D eigenvalue weighted by Gasteiger charge is 2.55. The van der Waals surface area contributed by atoms with Crippen molar-refractivity contribution in [3.63, 3.8) is 0 Å². The Balaban J connectivity index is 1.80. The van der Waals surface area contributed by atoms with Gasteiger partial charge in [0.2, 0.25) is 11.0 Å². The summed E-state index contributed by atoms with van der Waals surface area (Å²) in [5, 5.41) is 14.9. The minimum absolute atomic E-state index is 0.0335. The van der Waals surface area contributed by atoms with Crippen LogP contribution in [0.5, 0.6) is 0 Å². The molecular formula is C19H27ClN4O7S. The van der Waals surface area contributed by atoms with Gasteiger partial charge in [0.15, 0.2) is 10.9 Å². The third-order valence-corrected chi connectivity index (χ3v) is 6.21. The summed E-state index contributed by atoms with van der Waals surface area (Å²) in [6, 6.07) is -0.380. The number of hydrogen-bond acceptors (Lipinski definition) is 11. The molecule has 1 N–H and O–H groups in total. The van der Waals surface area contributed by atoms with E-state index in [9.17, 15) is 14.9 Å². The molecule has 1 saturated heterocycles. The van der Waals surface area contributed by atoms with Gasteiger partial charge in [-0.3, -0.25) is 14.9 Å². The van der Waals surface area contributed by atoms with Crippen molar-refractivity contribution in [1.29, 1.82) is 0 Å². The molecule has 1 aromatic rings. The number of rotatable bonds is 10. The maximum Gasteiger partial charge on any atom is 0.348 e. The molecule has 0 aromatic carbocycles. The Hall–Kier alpha value is -1.73. The number of carbonyl (C=O) groups excluding carboxylic acids is 1. The Kier molecular flexibility index (Phi) is 8.15. The van der Waals surface area contributed by atoms with Gasteiger partial charge in [-0.1, -0.05) is 30.3 Å². The average molecular weight is 491 g/mol. The third kappa shape index (κ3) is 5.98. The molecule has 2 heterocycles. The Morgan fingerprint density at radius 1 is 1.34 bits per heavy atom. The first-order valence-electron chi connectivity index (χ1n) is 10.3. The van der Waals surface area contributed by atoms with Crippen LogP contribution in [0.4, 0.5) is 11.5 Å². The average Bonchev–Trinajstić information content (AvgIpc) is 3.16. The highest BCUT2D eigenvalue weighted by Crippen LogP contribution is 2.42. The number of halogens is 1. The Labute approximate surface area is 195 Å². The van der Waals surface area contributed by atoms with Gasteiger partial charge >= 0.3 is 11.7 Å². The number of anilines is 1. The number of nitrogens with zero attached hydrogens (tertiary/aromatic N) is 3. The SMILES string of the molecule is CCCSc1nc(Cl)c([N+](=O)[O-])c(N[C@@H]2C[C@H](OCCOC(C)=O)[C@H]3OC(C)(C)OC23)n1. The lowest BCUT2D eigenvalue weighted by Crippen LogP contribution is -2.35. The third-order valence-electron chi connectivity index (χ3n) is 4.89. The van der Waals surface area contributed by atoms with Gasteiger partial charge in [-0.25, -0.2) is 4.98 Å².